The highest BCUT2D eigenvalue weighted by molar-refractivity contribution is 7.80. The summed E-state index contributed by atoms with van der Waals surface area (Å²) >= 11 is 5.27. The summed E-state index contributed by atoms with van der Waals surface area (Å²) in [6.45, 7) is 7.55. The summed E-state index contributed by atoms with van der Waals surface area (Å²) in [4.78, 5) is 24.5. The van der Waals surface area contributed by atoms with Crippen molar-refractivity contribution in [2.75, 3.05) is 13.1 Å². The van der Waals surface area contributed by atoms with Gasteiger partial charge in [-0.3, -0.25) is 4.79 Å². The highest BCUT2D eigenvalue weighted by Crippen LogP contribution is 2.33. The molecule has 2 fully saturated rings. The van der Waals surface area contributed by atoms with E-state index >= 15 is 0 Å². The quantitative estimate of drug-likeness (QED) is 0.740. The predicted molar refractivity (Wildman–Crippen MR) is 122 cm³/mol. The molecule has 0 radical (unpaired) electrons. The first-order valence-electron chi connectivity index (χ1n) is 10.7. The van der Waals surface area contributed by atoms with Crippen molar-refractivity contribution in [2.45, 2.75) is 58.0 Å². The van der Waals surface area contributed by atoms with Crippen LogP contribution in [0.4, 0.5) is 0 Å². The lowest BCUT2D eigenvalue weighted by atomic mass is 9.89. The van der Waals surface area contributed by atoms with Gasteiger partial charge in [-0.05, 0) is 57.8 Å². The average molecular weight is 424 g/mol. The number of benzene rings is 1. The van der Waals surface area contributed by atoms with Gasteiger partial charge in [-0.25, -0.2) is 9.97 Å². The van der Waals surface area contributed by atoms with Gasteiger partial charge in [0.2, 0.25) is 5.91 Å². The number of likely N-dealkylation sites (tertiary alicyclic amines) is 1. The topological polar surface area (TPSA) is 70.2 Å². The van der Waals surface area contributed by atoms with Crippen LogP contribution in [0.15, 0.2) is 30.5 Å². The zero-order chi connectivity index (χ0) is 21.3. The van der Waals surface area contributed by atoms with E-state index in [0.717, 1.165) is 48.5 Å². The molecule has 3 heterocycles. The van der Waals surface area contributed by atoms with Crippen molar-refractivity contribution >= 4 is 23.2 Å². The van der Waals surface area contributed by atoms with Gasteiger partial charge in [0.05, 0.1) is 5.69 Å². The predicted octanol–water partition coefficient (Wildman–Crippen LogP) is 3.09. The lowest BCUT2D eigenvalue weighted by Crippen LogP contribution is -2.59. The number of thiocarbonyl (C=S) groups is 1. The number of nitrogens with one attached hydrogen (secondary N) is 2. The molecule has 0 bridgehead atoms. The Morgan fingerprint density at radius 3 is 2.87 bits per heavy atom. The molecule has 7 heteroatoms. The van der Waals surface area contributed by atoms with Crippen LogP contribution in [0.1, 0.15) is 49.2 Å². The maximum Gasteiger partial charge on any atom is 0.245 e. The number of amides is 1. The van der Waals surface area contributed by atoms with Gasteiger partial charge < -0.3 is 15.5 Å². The van der Waals surface area contributed by atoms with E-state index in [2.05, 4.69) is 53.7 Å². The van der Waals surface area contributed by atoms with Crippen LogP contribution in [0.3, 0.4) is 0 Å². The fourth-order valence-corrected chi connectivity index (χ4v) is 4.86. The number of aromatic nitrogens is 2. The van der Waals surface area contributed by atoms with Gasteiger partial charge in [0.1, 0.15) is 11.9 Å². The number of piperidine rings is 1. The number of rotatable bonds is 3. The first-order chi connectivity index (χ1) is 14.4. The van der Waals surface area contributed by atoms with Crippen molar-refractivity contribution in [3.05, 3.63) is 47.5 Å². The van der Waals surface area contributed by atoms with Gasteiger partial charge in [0.25, 0.3) is 0 Å². The molecule has 2 aliphatic rings. The first kappa shape index (κ1) is 20.7. The van der Waals surface area contributed by atoms with Crippen LogP contribution in [0.5, 0.6) is 0 Å². The maximum atomic E-state index is 13.2. The highest BCUT2D eigenvalue weighted by Gasteiger charge is 2.34. The lowest BCUT2D eigenvalue weighted by Gasteiger charge is -2.38. The molecule has 0 unspecified atom stereocenters. The largest absolute Gasteiger partial charge is 0.360 e. The SMILES string of the molecule is Cc1cccc(-c2cnc(C)nc2[C@@H]2CCCN(C(=O)[C@@H]3C[C@@H](C)NC(=S)N3)C2)c1. The third-order valence-corrected chi connectivity index (χ3v) is 6.19. The summed E-state index contributed by atoms with van der Waals surface area (Å²) in [5, 5.41) is 6.89. The highest BCUT2D eigenvalue weighted by atomic mass is 32.1. The zero-order valence-electron chi connectivity index (χ0n) is 17.8. The van der Waals surface area contributed by atoms with Gasteiger partial charge in [-0.2, -0.15) is 0 Å². The Hall–Kier alpha value is -2.54. The van der Waals surface area contributed by atoms with Gasteiger partial charge in [0, 0.05) is 36.8 Å². The summed E-state index contributed by atoms with van der Waals surface area (Å²) in [6.07, 6.45) is 4.66. The maximum absolute atomic E-state index is 13.2. The molecule has 0 spiro atoms. The Morgan fingerprint density at radius 1 is 1.27 bits per heavy atom. The Bertz CT molecular complexity index is 962. The summed E-state index contributed by atoms with van der Waals surface area (Å²) < 4.78 is 0. The van der Waals surface area contributed by atoms with Crippen LogP contribution < -0.4 is 10.6 Å². The molecule has 2 aromatic rings. The normalized spacial score (nSPS) is 24.2. The minimum Gasteiger partial charge on any atom is -0.360 e. The van der Waals surface area contributed by atoms with Gasteiger partial charge >= 0.3 is 0 Å². The molecule has 6 nitrogen and oxygen atoms in total. The van der Waals surface area contributed by atoms with Crippen molar-refractivity contribution in [3.8, 4) is 11.1 Å². The van der Waals surface area contributed by atoms with Crippen LogP contribution in [0, 0.1) is 13.8 Å². The standard InChI is InChI=1S/C23H29N5OS/c1-14-6-4-7-17(10-14)19-12-24-16(3)26-21(19)18-8-5-9-28(13-18)22(29)20-11-15(2)25-23(30)27-20/h4,6-7,10,12,15,18,20H,5,8-9,11,13H2,1-3H3,(H2,25,27,30)/t15-,18-,20+/m1/s1. The molecule has 0 aliphatic carbocycles. The second-order valence-electron chi connectivity index (χ2n) is 8.52. The van der Waals surface area contributed by atoms with Gasteiger partial charge in [-0.15, -0.1) is 0 Å². The van der Waals surface area contributed by atoms with Crippen molar-refractivity contribution in [3.63, 3.8) is 0 Å². The number of carbonyl (C=O) groups excluding carboxylic acids is 1. The van der Waals surface area contributed by atoms with E-state index in [1.165, 1.54) is 5.56 Å². The third kappa shape index (κ3) is 4.46. The van der Waals surface area contributed by atoms with Gasteiger partial charge in [-0.1, -0.05) is 29.8 Å². The summed E-state index contributed by atoms with van der Waals surface area (Å²) in [6, 6.07) is 8.39. The molecular weight excluding hydrogens is 394 g/mol. The Morgan fingerprint density at radius 2 is 2.10 bits per heavy atom. The second kappa shape index (κ2) is 8.68. The van der Waals surface area contributed by atoms with Crippen molar-refractivity contribution in [2.24, 2.45) is 0 Å². The number of hydrogen-bond acceptors (Lipinski definition) is 4. The fraction of sp³-hybridized carbons (Fsp3) is 0.478. The molecule has 30 heavy (non-hydrogen) atoms. The van der Waals surface area contributed by atoms with Gasteiger partial charge in [0.15, 0.2) is 5.11 Å². The Kier molecular flexibility index (Phi) is 5.99. The monoisotopic (exact) mass is 423 g/mol. The number of aryl methyl sites for hydroxylation is 2. The Labute approximate surface area is 183 Å². The van der Waals surface area contributed by atoms with E-state index < -0.39 is 0 Å². The molecule has 1 aromatic heterocycles. The van der Waals surface area contributed by atoms with Crippen LogP contribution in [0.25, 0.3) is 11.1 Å². The molecule has 1 amide bonds. The van der Waals surface area contributed by atoms with E-state index in [0.29, 0.717) is 11.7 Å². The molecule has 2 N–H and O–H groups in total. The van der Waals surface area contributed by atoms with Crippen LogP contribution in [0.2, 0.25) is 0 Å². The molecule has 4 rings (SSSR count). The van der Waals surface area contributed by atoms with E-state index in [4.69, 9.17) is 17.2 Å². The van der Waals surface area contributed by atoms with Crippen LogP contribution in [-0.4, -0.2) is 51.1 Å². The minimum atomic E-state index is -0.254. The van der Waals surface area contributed by atoms with E-state index in [1.54, 1.807) is 0 Å². The third-order valence-electron chi connectivity index (χ3n) is 5.96. The van der Waals surface area contributed by atoms with Crippen molar-refractivity contribution < 1.29 is 4.79 Å². The molecule has 2 aliphatic heterocycles. The summed E-state index contributed by atoms with van der Waals surface area (Å²) in [5.41, 5.74) is 4.46. The lowest BCUT2D eigenvalue weighted by molar-refractivity contribution is -0.134. The molecule has 3 atom stereocenters. The Balaban J connectivity index is 1.58. The number of nitrogens with zero attached hydrogens (tertiary/aromatic N) is 3. The van der Waals surface area contributed by atoms with E-state index in [-0.39, 0.29) is 23.9 Å². The smallest absolute Gasteiger partial charge is 0.245 e. The van der Waals surface area contributed by atoms with Crippen molar-refractivity contribution in [1.82, 2.24) is 25.5 Å². The molecular formula is C23H29N5OS. The first-order valence-corrected chi connectivity index (χ1v) is 11.1. The summed E-state index contributed by atoms with van der Waals surface area (Å²) in [7, 11) is 0. The zero-order valence-corrected chi connectivity index (χ0v) is 18.6. The minimum absolute atomic E-state index is 0.137. The molecule has 158 valence electrons. The average Bonchev–Trinajstić information content (AvgIpc) is 2.72. The second-order valence-corrected chi connectivity index (χ2v) is 8.92. The summed E-state index contributed by atoms with van der Waals surface area (Å²) in [5.74, 6) is 1.10. The number of hydrogen-bond donors (Lipinski definition) is 2. The molecule has 1 aromatic carbocycles. The molecule has 0 saturated carbocycles. The number of carbonyl (C=O) groups is 1. The van der Waals surface area contributed by atoms with Crippen LogP contribution in [-0.2, 0) is 4.79 Å². The van der Waals surface area contributed by atoms with E-state index in [9.17, 15) is 4.79 Å². The molecule has 2 saturated heterocycles. The van der Waals surface area contributed by atoms with Crippen molar-refractivity contribution in [1.29, 1.82) is 0 Å². The van der Waals surface area contributed by atoms with Crippen LogP contribution >= 0.6 is 12.2 Å². The fourth-order valence-electron chi connectivity index (χ4n) is 4.51. The van der Waals surface area contributed by atoms with E-state index in [1.807, 2.05) is 18.0 Å².